The molecule has 2 rings (SSSR count). The standard InChI is InChI=1S/C13H17NO4S/c1-13(2)7-8-14(9-13)19(17,18)11-5-3-10(4-6-11)12(15)16/h3-6H,7-9H2,1-2H3,(H,15,16). The normalized spacial score (nSPS) is 19.5. The SMILES string of the molecule is CC1(C)CCN(S(=O)(=O)c2ccc(C(=O)O)cc2)C1. The summed E-state index contributed by atoms with van der Waals surface area (Å²) < 4.78 is 26.2. The van der Waals surface area contributed by atoms with Gasteiger partial charge in [-0.1, -0.05) is 13.8 Å². The topological polar surface area (TPSA) is 74.7 Å². The first-order valence-corrected chi connectivity index (χ1v) is 7.50. The summed E-state index contributed by atoms with van der Waals surface area (Å²) in [6.07, 6.45) is 0.833. The van der Waals surface area contributed by atoms with E-state index in [0.29, 0.717) is 13.1 Å². The van der Waals surface area contributed by atoms with Crippen LogP contribution >= 0.6 is 0 Å². The van der Waals surface area contributed by atoms with Gasteiger partial charge in [-0.05, 0) is 36.1 Å². The summed E-state index contributed by atoms with van der Waals surface area (Å²) in [5.41, 5.74) is 0.0781. The largest absolute Gasteiger partial charge is 0.478 e. The highest BCUT2D eigenvalue weighted by molar-refractivity contribution is 7.89. The third kappa shape index (κ3) is 2.79. The summed E-state index contributed by atoms with van der Waals surface area (Å²) in [4.78, 5) is 10.9. The average molecular weight is 283 g/mol. The molecule has 6 heteroatoms. The number of aromatic carboxylic acids is 1. The van der Waals surface area contributed by atoms with Gasteiger partial charge in [0.05, 0.1) is 10.5 Å². The van der Waals surface area contributed by atoms with Crippen molar-refractivity contribution in [1.29, 1.82) is 0 Å². The summed E-state index contributed by atoms with van der Waals surface area (Å²) in [6.45, 7) is 5.08. The van der Waals surface area contributed by atoms with E-state index < -0.39 is 16.0 Å². The fraction of sp³-hybridized carbons (Fsp3) is 0.462. The lowest BCUT2D eigenvalue weighted by Gasteiger charge is -2.19. The Morgan fingerprint density at radius 3 is 2.26 bits per heavy atom. The molecule has 104 valence electrons. The second kappa shape index (κ2) is 4.61. The quantitative estimate of drug-likeness (QED) is 0.918. The highest BCUT2D eigenvalue weighted by Gasteiger charge is 2.36. The van der Waals surface area contributed by atoms with Crippen molar-refractivity contribution in [3.63, 3.8) is 0 Å². The number of nitrogens with zero attached hydrogens (tertiary/aromatic N) is 1. The maximum atomic E-state index is 12.4. The lowest BCUT2D eigenvalue weighted by molar-refractivity contribution is 0.0696. The van der Waals surface area contributed by atoms with Crippen LogP contribution in [-0.4, -0.2) is 36.9 Å². The summed E-state index contributed by atoms with van der Waals surface area (Å²) in [5, 5.41) is 8.80. The monoisotopic (exact) mass is 283 g/mol. The van der Waals surface area contributed by atoms with Crippen LogP contribution in [-0.2, 0) is 10.0 Å². The van der Waals surface area contributed by atoms with Crippen molar-refractivity contribution >= 4 is 16.0 Å². The molecule has 0 atom stereocenters. The number of hydrogen-bond acceptors (Lipinski definition) is 3. The maximum Gasteiger partial charge on any atom is 0.335 e. The fourth-order valence-electron chi connectivity index (χ4n) is 2.19. The molecule has 0 spiro atoms. The van der Waals surface area contributed by atoms with Crippen molar-refractivity contribution in [2.24, 2.45) is 5.41 Å². The molecule has 1 heterocycles. The molecule has 1 aromatic carbocycles. The predicted octanol–water partition coefficient (Wildman–Crippen LogP) is 1.81. The second-order valence-electron chi connectivity index (χ2n) is 5.58. The fourth-order valence-corrected chi connectivity index (χ4v) is 3.82. The highest BCUT2D eigenvalue weighted by Crippen LogP contribution is 2.32. The van der Waals surface area contributed by atoms with Crippen LogP contribution in [0.3, 0.4) is 0 Å². The van der Waals surface area contributed by atoms with E-state index in [-0.39, 0.29) is 15.9 Å². The zero-order valence-corrected chi connectivity index (χ0v) is 11.8. The van der Waals surface area contributed by atoms with Crippen LogP contribution in [0.25, 0.3) is 0 Å². The van der Waals surface area contributed by atoms with E-state index in [2.05, 4.69) is 0 Å². The Kier molecular flexibility index (Phi) is 3.40. The van der Waals surface area contributed by atoms with Gasteiger partial charge in [-0.3, -0.25) is 0 Å². The van der Waals surface area contributed by atoms with E-state index in [1.807, 2.05) is 13.8 Å². The number of carboxylic acid groups (broad SMARTS) is 1. The molecule has 1 aromatic rings. The van der Waals surface area contributed by atoms with E-state index >= 15 is 0 Å². The summed E-state index contributed by atoms with van der Waals surface area (Å²) in [5.74, 6) is -1.06. The molecule has 1 aliphatic heterocycles. The molecular weight excluding hydrogens is 266 g/mol. The number of benzene rings is 1. The molecule has 0 radical (unpaired) electrons. The Balaban J connectivity index is 2.28. The molecule has 1 N–H and O–H groups in total. The van der Waals surface area contributed by atoms with Gasteiger partial charge >= 0.3 is 5.97 Å². The second-order valence-corrected chi connectivity index (χ2v) is 7.52. The summed E-state index contributed by atoms with van der Waals surface area (Å²) >= 11 is 0. The minimum atomic E-state index is -3.51. The molecule has 19 heavy (non-hydrogen) atoms. The Morgan fingerprint density at radius 2 is 1.84 bits per heavy atom. The Labute approximate surface area is 112 Å². The molecule has 1 aliphatic rings. The lowest BCUT2D eigenvalue weighted by Crippen LogP contribution is -2.30. The van der Waals surface area contributed by atoms with Crippen molar-refractivity contribution in [3.8, 4) is 0 Å². The first kappa shape index (κ1) is 14.0. The van der Waals surface area contributed by atoms with Crippen molar-refractivity contribution in [1.82, 2.24) is 4.31 Å². The number of rotatable bonds is 3. The van der Waals surface area contributed by atoms with E-state index in [0.717, 1.165) is 6.42 Å². The molecule has 0 amide bonds. The van der Waals surface area contributed by atoms with Crippen LogP contribution in [0, 0.1) is 5.41 Å². The van der Waals surface area contributed by atoms with E-state index in [1.54, 1.807) is 0 Å². The van der Waals surface area contributed by atoms with Gasteiger partial charge < -0.3 is 5.11 Å². The van der Waals surface area contributed by atoms with Gasteiger partial charge in [0.1, 0.15) is 0 Å². The Hall–Kier alpha value is -1.40. The van der Waals surface area contributed by atoms with Crippen LogP contribution in [0.15, 0.2) is 29.2 Å². The summed E-state index contributed by atoms with van der Waals surface area (Å²) in [7, 11) is -3.51. The van der Waals surface area contributed by atoms with Crippen molar-refractivity contribution in [3.05, 3.63) is 29.8 Å². The molecule has 0 aromatic heterocycles. The average Bonchev–Trinajstić information content (AvgIpc) is 2.70. The van der Waals surface area contributed by atoms with Crippen LogP contribution < -0.4 is 0 Å². The number of sulfonamides is 1. The lowest BCUT2D eigenvalue weighted by atomic mass is 9.93. The minimum Gasteiger partial charge on any atom is -0.478 e. The molecule has 1 fully saturated rings. The van der Waals surface area contributed by atoms with Crippen molar-refractivity contribution in [2.75, 3.05) is 13.1 Å². The highest BCUT2D eigenvalue weighted by atomic mass is 32.2. The van der Waals surface area contributed by atoms with Gasteiger partial charge in [0.25, 0.3) is 0 Å². The molecule has 0 aliphatic carbocycles. The van der Waals surface area contributed by atoms with E-state index in [9.17, 15) is 13.2 Å². The maximum absolute atomic E-state index is 12.4. The van der Waals surface area contributed by atoms with E-state index in [4.69, 9.17) is 5.11 Å². The minimum absolute atomic E-state index is 0.00588. The van der Waals surface area contributed by atoms with Crippen LogP contribution in [0.5, 0.6) is 0 Å². The van der Waals surface area contributed by atoms with Gasteiger partial charge in [-0.15, -0.1) is 0 Å². The molecule has 5 nitrogen and oxygen atoms in total. The van der Waals surface area contributed by atoms with Gasteiger partial charge in [-0.2, -0.15) is 4.31 Å². The van der Waals surface area contributed by atoms with Crippen LogP contribution in [0.4, 0.5) is 0 Å². The molecular formula is C13H17NO4S. The summed E-state index contributed by atoms with van der Waals surface area (Å²) in [6, 6.07) is 5.33. The van der Waals surface area contributed by atoms with Crippen LogP contribution in [0.2, 0.25) is 0 Å². The van der Waals surface area contributed by atoms with Crippen molar-refractivity contribution < 1.29 is 18.3 Å². The molecule has 0 unspecified atom stereocenters. The zero-order valence-electron chi connectivity index (χ0n) is 11.0. The third-order valence-electron chi connectivity index (χ3n) is 3.38. The van der Waals surface area contributed by atoms with Crippen LogP contribution in [0.1, 0.15) is 30.6 Å². The van der Waals surface area contributed by atoms with Crippen molar-refractivity contribution in [2.45, 2.75) is 25.2 Å². The first-order chi connectivity index (χ1) is 8.72. The first-order valence-electron chi connectivity index (χ1n) is 6.06. The van der Waals surface area contributed by atoms with Gasteiger partial charge in [0.2, 0.25) is 10.0 Å². The van der Waals surface area contributed by atoms with E-state index in [1.165, 1.54) is 28.6 Å². The Bertz CT molecular complexity index is 590. The van der Waals surface area contributed by atoms with Gasteiger partial charge in [0.15, 0.2) is 0 Å². The zero-order chi connectivity index (χ0) is 14.3. The number of carbonyl (C=O) groups is 1. The molecule has 0 bridgehead atoms. The number of carboxylic acids is 1. The molecule has 0 saturated carbocycles. The van der Waals surface area contributed by atoms with Gasteiger partial charge in [0, 0.05) is 13.1 Å². The number of hydrogen-bond donors (Lipinski definition) is 1. The molecule has 1 saturated heterocycles. The van der Waals surface area contributed by atoms with Gasteiger partial charge in [-0.25, -0.2) is 13.2 Å². The Morgan fingerprint density at radius 1 is 1.26 bits per heavy atom. The predicted molar refractivity (Wildman–Crippen MR) is 70.6 cm³/mol. The third-order valence-corrected chi connectivity index (χ3v) is 5.24. The smallest absolute Gasteiger partial charge is 0.335 e.